The Hall–Kier alpha value is -1.79. The number of aliphatic hydroxyl groups is 1. The van der Waals surface area contributed by atoms with E-state index < -0.39 is 0 Å². The first-order valence-corrected chi connectivity index (χ1v) is 6.11. The van der Waals surface area contributed by atoms with Gasteiger partial charge >= 0.3 is 0 Å². The second kappa shape index (κ2) is 5.24. The topological polar surface area (TPSA) is 40.5 Å². The molecule has 0 unspecified atom stereocenters. The minimum Gasteiger partial charge on any atom is -0.384 e. The summed E-state index contributed by atoms with van der Waals surface area (Å²) in [5, 5.41) is 8.76. The van der Waals surface area contributed by atoms with Gasteiger partial charge in [-0.05, 0) is 37.5 Å². The van der Waals surface area contributed by atoms with Crippen LogP contribution < -0.4 is 0 Å². The summed E-state index contributed by atoms with van der Waals surface area (Å²) in [4.78, 5) is 14.1. The van der Waals surface area contributed by atoms with Crippen molar-refractivity contribution >= 4 is 5.91 Å². The van der Waals surface area contributed by atoms with E-state index in [1.165, 1.54) is 0 Å². The molecule has 1 fully saturated rings. The Balaban J connectivity index is 2.33. The van der Waals surface area contributed by atoms with E-state index in [0.717, 1.165) is 18.4 Å². The maximum atomic E-state index is 12.3. The third kappa shape index (κ3) is 2.72. The van der Waals surface area contributed by atoms with E-state index in [2.05, 4.69) is 11.8 Å². The Morgan fingerprint density at radius 3 is 2.83 bits per heavy atom. The molecule has 2 rings (SSSR count). The number of carbonyl (C=O) groups is 1. The number of rotatable bonds is 2. The molecule has 0 bridgehead atoms. The molecule has 0 radical (unpaired) electrons. The first kappa shape index (κ1) is 12.7. The largest absolute Gasteiger partial charge is 0.384 e. The quantitative estimate of drug-likeness (QED) is 0.801. The minimum absolute atomic E-state index is 0.0136. The standard InChI is InChI=1S/C15H17NO2/c1-11-5-8-14(12(10-11)4-3-9-17)15(18)16(2)13-6-7-13/h5,8,10,13,17H,6-7,9H2,1-2H3. The molecule has 0 aromatic heterocycles. The van der Waals surface area contributed by atoms with Crippen molar-refractivity contribution in [1.82, 2.24) is 4.90 Å². The summed E-state index contributed by atoms with van der Waals surface area (Å²) >= 11 is 0. The van der Waals surface area contributed by atoms with Gasteiger partial charge in [0.1, 0.15) is 6.61 Å². The van der Waals surface area contributed by atoms with Gasteiger partial charge in [0, 0.05) is 18.7 Å². The number of amides is 1. The average Bonchev–Trinajstić information content (AvgIpc) is 3.19. The van der Waals surface area contributed by atoms with Crippen molar-refractivity contribution in [2.75, 3.05) is 13.7 Å². The smallest absolute Gasteiger partial charge is 0.255 e. The fourth-order valence-corrected chi connectivity index (χ4v) is 1.90. The fraction of sp³-hybridized carbons (Fsp3) is 0.400. The number of hydrogen-bond acceptors (Lipinski definition) is 2. The number of aliphatic hydroxyl groups excluding tert-OH is 1. The third-order valence-electron chi connectivity index (χ3n) is 3.12. The van der Waals surface area contributed by atoms with Gasteiger partial charge in [0.05, 0.1) is 5.56 Å². The molecule has 0 saturated heterocycles. The van der Waals surface area contributed by atoms with Crippen LogP contribution in [0.15, 0.2) is 18.2 Å². The normalized spacial score (nSPS) is 13.7. The van der Waals surface area contributed by atoms with Crippen LogP contribution in [0.4, 0.5) is 0 Å². The molecule has 1 amide bonds. The highest BCUT2D eigenvalue weighted by molar-refractivity contribution is 5.97. The Kier molecular flexibility index (Phi) is 3.69. The average molecular weight is 243 g/mol. The monoisotopic (exact) mass is 243 g/mol. The van der Waals surface area contributed by atoms with Crippen LogP contribution in [-0.4, -0.2) is 35.6 Å². The summed E-state index contributed by atoms with van der Waals surface area (Å²) in [6, 6.07) is 6.00. The zero-order valence-electron chi connectivity index (χ0n) is 10.7. The van der Waals surface area contributed by atoms with Crippen molar-refractivity contribution in [1.29, 1.82) is 0 Å². The van der Waals surface area contributed by atoms with Gasteiger partial charge in [-0.3, -0.25) is 4.79 Å². The van der Waals surface area contributed by atoms with Crippen LogP contribution in [0.3, 0.4) is 0 Å². The summed E-state index contributed by atoms with van der Waals surface area (Å²) < 4.78 is 0. The third-order valence-corrected chi connectivity index (χ3v) is 3.12. The van der Waals surface area contributed by atoms with E-state index >= 15 is 0 Å². The summed E-state index contributed by atoms with van der Waals surface area (Å²) in [7, 11) is 1.84. The highest BCUT2D eigenvalue weighted by Gasteiger charge is 2.30. The molecule has 94 valence electrons. The van der Waals surface area contributed by atoms with Crippen LogP contribution >= 0.6 is 0 Å². The maximum Gasteiger partial charge on any atom is 0.255 e. The van der Waals surface area contributed by atoms with E-state index in [4.69, 9.17) is 5.11 Å². The molecule has 0 heterocycles. The summed E-state index contributed by atoms with van der Waals surface area (Å²) in [5.41, 5.74) is 2.38. The van der Waals surface area contributed by atoms with E-state index in [0.29, 0.717) is 17.2 Å². The van der Waals surface area contributed by atoms with E-state index in [1.54, 1.807) is 4.90 Å². The molecule has 0 spiro atoms. The highest BCUT2D eigenvalue weighted by atomic mass is 16.2. The van der Waals surface area contributed by atoms with Crippen LogP contribution in [0.25, 0.3) is 0 Å². The number of carbonyl (C=O) groups excluding carboxylic acids is 1. The maximum absolute atomic E-state index is 12.3. The molecule has 1 saturated carbocycles. The van der Waals surface area contributed by atoms with Crippen LogP contribution in [0.1, 0.15) is 34.3 Å². The van der Waals surface area contributed by atoms with Gasteiger partial charge in [-0.2, -0.15) is 0 Å². The van der Waals surface area contributed by atoms with Crippen molar-refractivity contribution in [3.8, 4) is 11.8 Å². The van der Waals surface area contributed by atoms with Crippen LogP contribution in [0.2, 0.25) is 0 Å². The predicted octanol–water partition coefficient (Wildman–Crippen LogP) is 1.57. The van der Waals surface area contributed by atoms with E-state index in [9.17, 15) is 4.79 Å². The van der Waals surface area contributed by atoms with Crippen molar-refractivity contribution in [3.63, 3.8) is 0 Å². The van der Waals surface area contributed by atoms with Gasteiger partial charge in [-0.15, -0.1) is 0 Å². The molecule has 1 N–H and O–H groups in total. The van der Waals surface area contributed by atoms with Crippen molar-refractivity contribution < 1.29 is 9.90 Å². The molecular weight excluding hydrogens is 226 g/mol. The lowest BCUT2D eigenvalue weighted by atomic mass is 10.0. The second-order valence-corrected chi connectivity index (χ2v) is 4.66. The fourth-order valence-electron chi connectivity index (χ4n) is 1.90. The van der Waals surface area contributed by atoms with Crippen LogP contribution in [0, 0.1) is 18.8 Å². The van der Waals surface area contributed by atoms with E-state index in [1.807, 2.05) is 32.2 Å². The van der Waals surface area contributed by atoms with Gasteiger partial charge in [0.15, 0.2) is 0 Å². The number of aryl methyl sites for hydroxylation is 1. The van der Waals surface area contributed by atoms with Crippen LogP contribution in [-0.2, 0) is 0 Å². The highest BCUT2D eigenvalue weighted by Crippen LogP contribution is 2.27. The predicted molar refractivity (Wildman–Crippen MR) is 70.3 cm³/mol. The Bertz CT molecular complexity index is 521. The summed E-state index contributed by atoms with van der Waals surface area (Å²) in [6.45, 7) is 1.77. The molecule has 3 nitrogen and oxygen atoms in total. The van der Waals surface area contributed by atoms with Crippen molar-refractivity contribution in [2.45, 2.75) is 25.8 Å². The first-order valence-electron chi connectivity index (χ1n) is 6.11. The molecule has 1 aromatic rings. The SMILES string of the molecule is Cc1ccc(C(=O)N(C)C2CC2)c(C#CCO)c1. The van der Waals surface area contributed by atoms with Crippen molar-refractivity contribution in [3.05, 3.63) is 34.9 Å². The van der Waals surface area contributed by atoms with Crippen LogP contribution in [0.5, 0.6) is 0 Å². The number of nitrogens with zero attached hydrogens (tertiary/aromatic N) is 1. The second-order valence-electron chi connectivity index (χ2n) is 4.66. The molecule has 3 heteroatoms. The molecule has 1 aliphatic carbocycles. The molecule has 0 atom stereocenters. The Labute approximate surface area is 107 Å². The minimum atomic E-state index is -0.194. The molecule has 1 aromatic carbocycles. The molecule has 0 aliphatic heterocycles. The van der Waals surface area contributed by atoms with Gasteiger partial charge in [0.2, 0.25) is 0 Å². The Morgan fingerprint density at radius 2 is 2.22 bits per heavy atom. The molecule has 18 heavy (non-hydrogen) atoms. The number of hydrogen-bond donors (Lipinski definition) is 1. The van der Waals surface area contributed by atoms with Gasteiger partial charge in [0.25, 0.3) is 5.91 Å². The summed E-state index contributed by atoms with van der Waals surface area (Å²) in [6.07, 6.45) is 2.18. The zero-order valence-corrected chi connectivity index (χ0v) is 10.7. The van der Waals surface area contributed by atoms with Gasteiger partial charge in [-0.25, -0.2) is 0 Å². The van der Waals surface area contributed by atoms with Gasteiger partial charge < -0.3 is 10.0 Å². The first-order chi connectivity index (χ1) is 8.63. The molecule has 1 aliphatic rings. The number of benzene rings is 1. The van der Waals surface area contributed by atoms with E-state index in [-0.39, 0.29) is 12.5 Å². The molecular formula is C15H17NO2. The summed E-state index contributed by atoms with van der Waals surface area (Å²) in [5.74, 6) is 5.47. The van der Waals surface area contributed by atoms with Gasteiger partial charge in [-0.1, -0.05) is 17.9 Å². The lowest BCUT2D eigenvalue weighted by Crippen LogP contribution is -2.29. The van der Waals surface area contributed by atoms with Crippen molar-refractivity contribution in [2.24, 2.45) is 0 Å². The Morgan fingerprint density at radius 1 is 1.50 bits per heavy atom. The lowest BCUT2D eigenvalue weighted by Gasteiger charge is -2.17. The zero-order chi connectivity index (χ0) is 13.1. The lowest BCUT2D eigenvalue weighted by molar-refractivity contribution is 0.0785.